The van der Waals surface area contributed by atoms with Crippen LogP contribution in [0.1, 0.15) is 12.8 Å². The maximum absolute atomic E-state index is 12.0. The molecule has 0 aromatic rings. The molecule has 0 unspecified atom stereocenters. The molecule has 2 saturated heterocycles. The van der Waals surface area contributed by atoms with Crippen molar-refractivity contribution >= 4 is 5.91 Å². The number of rotatable bonds is 4. The van der Waals surface area contributed by atoms with Gasteiger partial charge in [-0.1, -0.05) is 0 Å². The first-order valence-electron chi connectivity index (χ1n) is 6.63. The number of hydrogen-bond donors (Lipinski definition) is 1. The summed E-state index contributed by atoms with van der Waals surface area (Å²) < 4.78 is 0. The van der Waals surface area contributed by atoms with Crippen molar-refractivity contribution in [1.29, 1.82) is 0 Å². The van der Waals surface area contributed by atoms with Crippen LogP contribution >= 0.6 is 0 Å². The van der Waals surface area contributed by atoms with Crippen molar-refractivity contribution in [2.75, 3.05) is 59.0 Å². The molecule has 0 spiro atoms. The van der Waals surface area contributed by atoms with Crippen LogP contribution in [0, 0.1) is 0 Å². The van der Waals surface area contributed by atoms with Gasteiger partial charge in [0.1, 0.15) is 0 Å². The molecular formula is C12H23N3O2. The van der Waals surface area contributed by atoms with Crippen molar-refractivity contribution in [3.8, 4) is 0 Å². The summed E-state index contributed by atoms with van der Waals surface area (Å²) >= 11 is 0. The van der Waals surface area contributed by atoms with Crippen LogP contribution in [0.4, 0.5) is 0 Å². The van der Waals surface area contributed by atoms with E-state index in [0.717, 1.165) is 58.7 Å². The summed E-state index contributed by atoms with van der Waals surface area (Å²) in [6.45, 7) is 7.28. The number of aliphatic hydroxyl groups excluding tert-OH is 1. The summed E-state index contributed by atoms with van der Waals surface area (Å²) in [5.74, 6) is 0.290. The van der Waals surface area contributed by atoms with Crippen molar-refractivity contribution in [1.82, 2.24) is 14.7 Å². The minimum absolute atomic E-state index is 0.229. The van der Waals surface area contributed by atoms with E-state index in [2.05, 4.69) is 9.80 Å². The average Bonchev–Trinajstić information content (AvgIpc) is 2.86. The zero-order valence-corrected chi connectivity index (χ0v) is 10.5. The van der Waals surface area contributed by atoms with Crippen LogP contribution in [0.15, 0.2) is 0 Å². The second-order valence-electron chi connectivity index (χ2n) is 4.93. The van der Waals surface area contributed by atoms with Gasteiger partial charge in [0.15, 0.2) is 0 Å². The van der Waals surface area contributed by atoms with Gasteiger partial charge in [-0.25, -0.2) is 0 Å². The van der Waals surface area contributed by atoms with Gasteiger partial charge in [-0.3, -0.25) is 14.6 Å². The standard InChI is InChI=1S/C12H23N3O2/c16-10-9-13-5-7-14(8-6-13)11-12(17)15-3-1-2-4-15/h16H,1-11H2. The normalized spacial score (nSPS) is 23.2. The van der Waals surface area contributed by atoms with E-state index in [1.165, 1.54) is 0 Å². The molecular weight excluding hydrogens is 218 g/mol. The number of aliphatic hydroxyl groups is 1. The molecule has 0 aromatic carbocycles. The molecule has 0 aromatic heterocycles. The van der Waals surface area contributed by atoms with E-state index in [0.29, 0.717) is 6.54 Å². The Balaban J connectivity index is 1.68. The third-order valence-corrected chi connectivity index (χ3v) is 3.70. The molecule has 1 amide bonds. The Morgan fingerprint density at radius 2 is 1.53 bits per heavy atom. The number of hydrogen-bond acceptors (Lipinski definition) is 4. The first-order valence-corrected chi connectivity index (χ1v) is 6.63. The zero-order chi connectivity index (χ0) is 12.1. The highest BCUT2D eigenvalue weighted by Gasteiger charge is 2.22. The Labute approximate surface area is 103 Å². The third kappa shape index (κ3) is 3.66. The second-order valence-corrected chi connectivity index (χ2v) is 4.93. The van der Waals surface area contributed by atoms with Crippen LogP contribution in [-0.4, -0.2) is 84.7 Å². The summed E-state index contributed by atoms with van der Waals surface area (Å²) in [6, 6.07) is 0. The number of carbonyl (C=O) groups is 1. The first kappa shape index (κ1) is 12.8. The number of likely N-dealkylation sites (tertiary alicyclic amines) is 1. The summed E-state index contributed by atoms with van der Waals surface area (Å²) in [7, 11) is 0. The Morgan fingerprint density at radius 1 is 0.941 bits per heavy atom. The van der Waals surface area contributed by atoms with Gasteiger partial charge in [-0.05, 0) is 12.8 Å². The predicted octanol–water partition coefficient (Wildman–Crippen LogP) is -0.781. The van der Waals surface area contributed by atoms with E-state index in [-0.39, 0.29) is 12.5 Å². The molecule has 98 valence electrons. The van der Waals surface area contributed by atoms with Gasteiger partial charge in [0.05, 0.1) is 13.2 Å². The lowest BCUT2D eigenvalue weighted by Crippen LogP contribution is -2.50. The SMILES string of the molecule is O=C(CN1CCN(CCO)CC1)N1CCCC1. The van der Waals surface area contributed by atoms with Crippen LogP contribution in [0.2, 0.25) is 0 Å². The predicted molar refractivity (Wildman–Crippen MR) is 65.8 cm³/mol. The van der Waals surface area contributed by atoms with Crippen LogP contribution in [-0.2, 0) is 4.79 Å². The molecule has 0 saturated carbocycles. The van der Waals surface area contributed by atoms with Gasteiger partial charge < -0.3 is 10.0 Å². The molecule has 2 aliphatic heterocycles. The molecule has 0 atom stereocenters. The summed E-state index contributed by atoms with van der Waals surface area (Å²) in [4.78, 5) is 18.4. The van der Waals surface area contributed by atoms with E-state index in [4.69, 9.17) is 5.11 Å². The molecule has 0 radical (unpaired) electrons. The fourth-order valence-electron chi connectivity index (χ4n) is 2.57. The highest BCUT2D eigenvalue weighted by Crippen LogP contribution is 2.09. The average molecular weight is 241 g/mol. The highest BCUT2D eigenvalue weighted by molar-refractivity contribution is 5.78. The topological polar surface area (TPSA) is 47.0 Å². The molecule has 5 nitrogen and oxygen atoms in total. The Bertz CT molecular complexity index is 246. The summed E-state index contributed by atoms with van der Waals surface area (Å²) in [5.41, 5.74) is 0. The Morgan fingerprint density at radius 3 is 2.12 bits per heavy atom. The number of piperazine rings is 1. The van der Waals surface area contributed by atoms with E-state index in [9.17, 15) is 4.79 Å². The van der Waals surface area contributed by atoms with E-state index in [1.54, 1.807) is 0 Å². The van der Waals surface area contributed by atoms with Gasteiger partial charge in [0.2, 0.25) is 5.91 Å². The van der Waals surface area contributed by atoms with E-state index >= 15 is 0 Å². The smallest absolute Gasteiger partial charge is 0.236 e. The van der Waals surface area contributed by atoms with Gasteiger partial charge in [-0.2, -0.15) is 0 Å². The molecule has 0 bridgehead atoms. The van der Waals surface area contributed by atoms with Gasteiger partial charge >= 0.3 is 0 Å². The van der Waals surface area contributed by atoms with Crippen LogP contribution in [0.25, 0.3) is 0 Å². The molecule has 17 heavy (non-hydrogen) atoms. The fourth-order valence-corrected chi connectivity index (χ4v) is 2.57. The molecule has 2 heterocycles. The molecule has 5 heteroatoms. The Kier molecular flexibility index (Phi) is 4.76. The van der Waals surface area contributed by atoms with E-state index in [1.807, 2.05) is 4.90 Å². The summed E-state index contributed by atoms with van der Waals surface area (Å²) in [5, 5.41) is 8.86. The van der Waals surface area contributed by atoms with Crippen molar-refractivity contribution in [2.45, 2.75) is 12.8 Å². The minimum atomic E-state index is 0.229. The minimum Gasteiger partial charge on any atom is -0.395 e. The number of amides is 1. The summed E-state index contributed by atoms with van der Waals surface area (Å²) in [6.07, 6.45) is 2.33. The van der Waals surface area contributed by atoms with Crippen molar-refractivity contribution in [3.05, 3.63) is 0 Å². The highest BCUT2D eigenvalue weighted by atomic mass is 16.3. The van der Waals surface area contributed by atoms with Crippen molar-refractivity contribution in [2.24, 2.45) is 0 Å². The van der Waals surface area contributed by atoms with Crippen molar-refractivity contribution < 1.29 is 9.90 Å². The number of carbonyl (C=O) groups excluding carboxylic acids is 1. The lowest BCUT2D eigenvalue weighted by atomic mass is 10.3. The Hall–Kier alpha value is -0.650. The maximum atomic E-state index is 12.0. The van der Waals surface area contributed by atoms with Gasteiger partial charge in [0.25, 0.3) is 0 Å². The molecule has 2 fully saturated rings. The lowest BCUT2D eigenvalue weighted by Gasteiger charge is -2.34. The van der Waals surface area contributed by atoms with E-state index < -0.39 is 0 Å². The first-order chi connectivity index (χ1) is 8.29. The molecule has 0 aliphatic carbocycles. The van der Waals surface area contributed by atoms with Gasteiger partial charge in [0, 0.05) is 45.8 Å². The van der Waals surface area contributed by atoms with Crippen LogP contribution in [0.3, 0.4) is 0 Å². The van der Waals surface area contributed by atoms with Crippen LogP contribution < -0.4 is 0 Å². The zero-order valence-electron chi connectivity index (χ0n) is 10.5. The molecule has 1 N–H and O–H groups in total. The molecule has 2 rings (SSSR count). The largest absolute Gasteiger partial charge is 0.395 e. The number of nitrogens with zero attached hydrogens (tertiary/aromatic N) is 3. The van der Waals surface area contributed by atoms with Crippen molar-refractivity contribution in [3.63, 3.8) is 0 Å². The quantitative estimate of drug-likeness (QED) is 0.701. The maximum Gasteiger partial charge on any atom is 0.236 e. The van der Waals surface area contributed by atoms with Gasteiger partial charge in [-0.15, -0.1) is 0 Å². The third-order valence-electron chi connectivity index (χ3n) is 3.70. The second kappa shape index (κ2) is 6.33. The fraction of sp³-hybridized carbons (Fsp3) is 0.917. The lowest BCUT2D eigenvalue weighted by molar-refractivity contribution is -0.131. The van der Waals surface area contributed by atoms with Crippen LogP contribution in [0.5, 0.6) is 0 Å². The molecule has 2 aliphatic rings. The monoisotopic (exact) mass is 241 g/mol. The number of β-amino-alcohol motifs (C(OH)–C–C–N with tert-alkyl or cyclic N) is 1.